The average molecular weight is 450 g/mol. The van der Waals surface area contributed by atoms with Gasteiger partial charge in [0.15, 0.2) is 5.78 Å². The number of hydrogen-bond acceptors (Lipinski definition) is 2. The SMILES string of the molecule is O=C1/C(=C/c2cccc(Br)c2)CSC/C1=C/c1cccc(Br)c1. The quantitative estimate of drug-likeness (QED) is 0.523. The van der Waals surface area contributed by atoms with Gasteiger partial charge < -0.3 is 0 Å². The number of benzene rings is 2. The van der Waals surface area contributed by atoms with E-state index in [1.54, 1.807) is 11.8 Å². The van der Waals surface area contributed by atoms with E-state index in [0.717, 1.165) is 42.7 Å². The van der Waals surface area contributed by atoms with Crippen LogP contribution >= 0.6 is 43.6 Å². The highest BCUT2D eigenvalue weighted by atomic mass is 79.9. The van der Waals surface area contributed by atoms with Crippen molar-refractivity contribution >= 4 is 61.6 Å². The summed E-state index contributed by atoms with van der Waals surface area (Å²) in [5.41, 5.74) is 3.82. The monoisotopic (exact) mass is 448 g/mol. The summed E-state index contributed by atoms with van der Waals surface area (Å²) in [5.74, 6) is 1.69. The Labute approximate surface area is 157 Å². The molecule has 116 valence electrons. The number of rotatable bonds is 2. The molecule has 4 heteroatoms. The summed E-state index contributed by atoms with van der Waals surface area (Å²) in [7, 11) is 0. The molecule has 3 rings (SSSR count). The first-order chi connectivity index (χ1) is 11.1. The summed E-state index contributed by atoms with van der Waals surface area (Å²) < 4.78 is 2.04. The minimum absolute atomic E-state index is 0.156. The smallest absolute Gasteiger partial charge is 0.186 e. The first-order valence-electron chi connectivity index (χ1n) is 7.16. The lowest BCUT2D eigenvalue weighted by molar-refractivity contribution is -0.112. The molecule has 0 radical (unpaired) electrons. The fraction of sp³-hybridized carbons (Fsp3) is 0.105. The molecule has 1 aliphatic heterocycles. The van der Waals surface area contributed by atoms with Gasteiger partial charge in [0.2, 0.25) is 0 Å². The molecular formula is C19H14Br2OS. The van der Waals surface area contributed by atoms with Crippen LogP contribution in [0.5, 0.6) is 0 Å². The fourth-order valence-corrected chi connectivity index (χ4v) is 4.22. The first kappa shape index (κ1) is 16.7. The molecule has 1 heterocycles. The Morgan fingerprint density at radius 1 is 0.826 bits per heavy atom. The Hall–Kier alpha value is -1.10. The third-order valence-electron chi connectivity index (χ3n) is 3.48. The van der Waals surface area contributed by atoms with Crippen LogP contribution in [0.15, 0.2) is 68.6 Å². The Balaban J connectivity index is 1.89. The number of carbonyl (C=O) groups is 1. The van der Waals surface area contributed by atoms with E-state index in [1.807, 2.05) is 60.7 Å². The van der Waals surface area contributed by atoms with E-state index in [4.69, 9.17) is 0 Å². The molecular weight excluding hydrogens is 436 g/mol. The van der Waals surface area contributed by atoms with Crippen LogP contribution in [-0.4, -0.2) is 17.3 Å². The molecule has 0 aromatic heterocycles. The maximum atomic E-state index is 12.7. The highest BCUT2D eigenvalue weighted by molar-refractivity contribution is 9.10. The van der Waals surface area contributed by atoms with Crippen molar-refractivity contribution in [3.63, 3.8) is 0 Å². The van der Waals surface area contributed by atoms with Crippen LogP contribution in [0.3, 0.4) is 0 Å². The molecule has 1 fully saturated rings. The van der Waals surface area contributed by atoms with Crippen molar-refractivity contribution in [2.45, 2.75) is 0 Å². The summed E-state index contributed by atoms with van der Waals surface area (Å²) >= 11 is 8.72. The van der Waals surface area contributed by atoms with Crippen LogP contribution < -0.4 is 0 Å². The molecule has 0 spiro atoms. The lowest BCUT2D eigenvalue weighted by atomic mass is 10.0. The molecule has 2 aromatic carbocycles. The zero-order chi connectivity index (χ0) is 16.2. The number of Topliss-reactive ketones (excluding diaryl/α,β-unsaturated/α-hetero) is 1. The lowest BCUT2D eigenvalue weighted by Gasteiger charge is -2.16. The maximum Gasteiger partial charge on any atom is 0.186 e. The molecule has 23 heavy (non-hydrogen) atoms. The summed E-state index contributed by atoms with van der Waals surface area (Å²) in [6, 6.07) is 16.0. The van der Waals surface area contributed by atoms with Crippen LogP contribution in [0.4, 0.5) is 0 Å². The van der Waals surface area contributed by atoms with E-state index in [-0.39, 0.29) is 5.78 Å². The van der Waals surface area contributed by atoms with Crippen molar-refractivity contribution in [1.82, 2.24) is 0 Å². The molecule has 0 bridgehead atoms. The van der Waals surface area contributed by atoms with Crippen LogP contribution in [0.2, 0.25) is 0 Å². The van der Waals surface area contributed by atoms with Gasteiger partial charge in [0.1, 0.15) is 0 Å². The van der Waals surface area contributed by atoms with Gasteiger partial charge in [-0.25, -0.2) is 0 Å². The number of hydrogen-bond donors (Lipinski definition) is 0. The van der Waals surface area contributed by atoms with Gasteiger partial charge in [-0.05, 0) is 47.5 Å². The number of thioether (sulfide) groups is 1. The molecule has 0 N–H and O–H groups in total. The topological polar surface area (TPSA) is 17.1 Å². The van der Waals surface area contributed by atoms with Gasteiger partial charge >= 0.3 is 0 Å². The predicted molar refractivity (Wildman–Crippen MR) is 107 cm³/mol. The van der Waals surface area contributed by atoms with Crippen LogP contribution in [-0.2, 0) is 4.79 Å². The zero-order valence-corrected chi connectivity index (χ0v) is 16.2. The molecule has 0 aliphatic carbocycles. The first-order valence-corrected chi connectivity index (χ1v) is 9.90. The Morgan fingerprint density at radius 3 is 1.74 bits per heavy atom. The van der Waals surface area contributed by atoms with Crippen molar-refractivity contribution in [3.05, 3.63) is 79.7 Å². The summed E-state index contributed by atoms with van der Waals surface area (Å²) in [6.45, 7) is 0. The van der Waals surface area contributed by atoms with Crippen molar-refractivity contribution in [2.24, 2.45) is 0 Å². The second-order valence-corrected chi connectivity index (χ2v) is 8.09. The second kappa shape index (κ2) is 7.65. The van der Waals surface area contributed by atoms with E-state index < -0.39 is 0 Å². The molecule has 0 saturated carbocycles. The molecule has 1 nitrogen and oxygen atoms in total. The van der Waals surface area contributed by atoms with E-state index in [1.165, 1.54) is 0 Å². The molecule has 0 atom stereocenters. The number of carbonyl (C=O) groups excluding carboxylic acids is 1. The standard InChI is InChI=1S/C19H14Br2OS/c20-17-5-1-3-13(9-17)7-15-11-23-12-16(19(15)22)8-14-4-2-6-18(21)10-14/h1-10H,11-12H2/b15-7-,16-8+. The van der Waals surface area contributed by atoms with Gasteiger partial charge in [0.25, 0.3) is 0 Å². The minimum Gasteiger partial charge on any atom is -0.289 e. The van der Waals surface area contributed by atoms with Crippen LogP contribution in [0.25, 0.3) is 12.2 Å². The summed E-state index contributed by atoms with van der Waals surface area (Å²) in [4.78, 5) is 12.7. The van der Waals surface area contributed by atoms with Crippen LogP contribution in [0.1, 0.15) is 11.1 Å². The van der Waals surface area contributed by atoms with E-state index in [0.29, 0.717) is 0 Å². The molecule has 0 amide bonds. The van der Waals surface area contributed by atoms with Crippen molar-refractivity contribution in [1.29, 1.82) is 0 Å². The lowest BCUT2D eigenvalue weighted by Crippen LogP contribution is -2.16. The van der Waals surface area contributed by atoms with E-state index in [9.17, 15) is 4.79 Å². The highest BCUT2D eigenvalue weighted by Crippen LogP contribution is 2.27. The van der Waals surface area contributed by atoms with Gasteiger partial charge in [-0.3, -0.25) is 4.79 Å². The maximum absolute atomic E-state index is 12.7. The fourth-order valence-electron chi connectivity index (χ4n) is 2.42. The molecule has 2 aromatic rings. The zero-order valence-electron chi connectivity index (χ0n) is 12.3. The minimum atomic E-state index is 0.156. The largest absolute Gasteiger partial charge is 0.289 e. The normalized spacial score (nSPS) is 18.6. The third kappa shape index (κ3) is 4.46. The van der Waals surface area contributed by atoms with Crippen molar-refractivity contribution in [3.8, 4) is 0 Å². The number of ketones is 1. The molecule has 0 unspecified atom stereocenters. The van der Waals surface area contributed by atoms with E-state index in [2.05, 4.69) is 31.9 Å². The summed E-state index contributed by atoms with van der Waals surface area (Å²) in [6.07, 6.45) is 3.99. The van der Waals surface area contributed by atoms with Crippen LogP contribution in [0, 0.1) is 0 Å². The highest BCUT2D eigenvalue weighted by Gasteiger charge is 2.20. The average Bonchev–Trinajstić information content (AvgIpc) is 2.51. The third-order valence-corrected chi connectivity index (χ3v) is 5.49. The molecule has 1 aliphatic rings. The van der Waals surface area contributed by atoms with Crippen molar-refractivity contribution in [2.75, 3.05) is 11.5 Å². The molecule has 1 saturated heterocycles. The van der Waals surface area contributed by atoms with Crippen molar-refractivity contribution < 1.29 is 4.79 Å². The van der Waals surface area contributed by atoms with E-state index >= 15 is 0 Å². The van der Waals surface area contributed by atoms with Gasteiger partial charge in [-0.2, -0.15) is 11.8 Å². The Bertz CT molecular complexity index is 743. The van der Waals surface area contributed by atoms with Gasteiger partial charge in [0, 0.05) is 31.6 Å². The summed E-state index contributed by atoms with van der Waals surface area (Å²) in [5, 5.41) is 0. The van der Waals surface area contributed by atoms with Gasteiger partial charge in [-0.15, -0.1) is 0 Å². The second-order valence-electron chi connectivity index (χ2n) is 5.27. The predicted octanol–water partition coefficient (Wildman–Crippen LogP) is 5.99. The van der Waals surface area contributed by atoms with Gasteiger partial charge in [-0.1, -0.05) is 56.1 Å². The Morgan fingerprint density at radius 2 is 1.30 bits per heavy atom. The number of halogens is 2. The Kier molecular flexibility index (Phi) is 5.57. The van der Waals surface area contributed by atoms with Gasteiger partial charge in [0.05, 0.1) is 0 Å².